The molecule has 1 saturated carbocycles. The SMILES string of the molecule is O=C1CCC[C@H]2[C@H]3Cc4ccccc4[C@@]12CC[NH+]3CCc1ccccc1.[I-]. The second-order valence-corrected chi connectivity index (χ2v) is 8.50. The Labute approximate surface area is 179 Å². The minimum absolute atomic E-state index is 0. The fourth-order valence-corrected chi connectivity index (χ4v) is 6.26. The smallest absolute Gasteiger partial charge is 0.144 e. The number of hydrogen-bond acceptors (Lipinski definition) is 1. The molecule has 1 heterocycles. The monoisotopic (exact) mass is 473 g/mol. The van der Waals surface area contributed by atoms with E-state index in [-0.39, 0.29) is 29.4 Å². The van der Waals surface area contributed by atoms with Crippen LogP contribution in [-0.2, 0) is 23.1 Å². The van der Waals surface area contributed by atoms with Crippen LogP contribution in [0.5, 0.6) is 0 Å². The Morgan fingerprint density at radius 2 is 1.81 bits per heavy atom. The van der Waals surface area contributed by atoms with Crippen LogP contribution in [0, 0.1) is 5.92 Å². The number of carbonyl (C=O) groups excluding carboxylic acids is 1. The highest BCUT2D eigenvalue weighted by molar-refractivity contribution is 5.92. The van der Waals surface area contributed by atoms with Crippen LogP contribution in [0.1, 0.15) is 42.4 Å². The van der Waals surface area contributed by atoms with E-state index in [1.807, 2.05) is 0 Å². The van der Waals surface area contributed by atoms with E-state index < -0.39 is 0 Å². The van der Waals surface area contributed by atoms with Crippen LogP contribution in [0.4, 0.5) is 0 Å². The lowest BCUT2D eigenvalue weighted by atomic mass is 9.52. The predicted octanol–water partition coefficient (Wildman–Crippen LogP) is -0.246. The minimum Gasteiger partial charge on any atom is -1.00 e. The average Bonchev–Trinajstić information content (AvgIpc) is 2.68. The topological polar surface area (TPSA) is 21.5 Å². The van der Waals surface area contributed by atoms with Crippen molar-refractivity contribution in [2.45, 2.75) is 50.0 Å². The van der Waals surface area contributed by atoms with Gasteiger partial charge in [-0.2, -0.15) is 0 Å². The molecule has 1 N–H and O–H groups in total. The number of fused-ring (bicyclic) bond motifs is 1. The Hall–Kier alpha value is -1.20. The summed E-state index contributed by atoms with van der Waals surface area (Å²) in [6, 6.07) is 20.3. The molecule has 142 valence electrons. The van der Waals surface area contributed by atoms with Gasteiger partial charge in [-0.15, -0.1) is 0 Å². The van der Waals surface area contributed by atoms with Crippen molar-refractivity contribution >= 4 is 5.78 Å². The van der Waals surface area contributed by atoms with Gasteiger partial charge in [-0.1, -0.05) is 54.6 Å². The quantitative estimate of drug-likeness (QED) is 0.611. The molecule has 27 heavy (non-hydrogen) atoms. The summed E-state index contributed by atoms with van der Waals surface area (Å²) in [5, 5.41) is 0. The Morgan fingerprint density at radius 3 is 2.67 bits per heavy atom. The van der Waals surface area contributed by atoms with Gasteiger partial charge in [-0.05, 0) is 29.5 Å². The summed E-state index contributed by atoms with van der Waals surface area (Å²) in [6.45, 7) is 2.34. The van der Waals surface area contributed by atoms with Gasteiger partial charge in [-0.3, -0.25) is 4.79 Å². The Bertz CT molecular complexity index is 820. The van der Waals surface area contributed by atoms with Crippen LogP contribution in [0.2, 0.25) is 0 Å². The normalized spacial score (nSPS) is 31.4. The summed E-state index contributed by atoms with van der Waals surface area (Å²) in [5.74, 6) is 1.09. The number of hydrogen-bond donors (Lipinski definition) is 1. The largest absolute Gasteiger partial charge is 1.00 e. The first-order valence-electron chi connectivity index (χ1n) is 10.3. The zero-order chi connectivity index (χ0) is 17.6. The summed E-state index contributed by atoms with van der Waals surface area (Å²) in [7, 11) is 0. The second kappa shape index (κ2) is 7.67. The van der Waals surface area contributed by atoms with E-state index in [1.54, 1.807) is 4.90 Å². The van der Waals surface area contributed by atoms with Gasteiger partial charge in [0, 0.05) is 31.6 Å². The van der Waals surface area contributed by atoms with Crippen molar-refractivity contribution in [2.75, 3.05) is 13.1 Å². The number of rotatable bonds is 3. The van der Waals surface area contributed by atoms with Gasteiger partial charge in [0.25, 0.3) is 0 Å². The van der Waals surface area contributed by atoms with E-state index in [9.17, 15) is 4.79 Å². The van der Waals surface area contributed by atoms with E-state index in [1.165, 1.54) is 29.7 Å². The van der Waals surface area contributed by atoms with Crippen molar-refractivity contribution in [1.82, 2.24) is 0 Å². The highest BCUT2D eigenvalue weighted by Gasteiger charge is 2.59. The molecule has 1 aliphatic heterocycles. The van der Waals surface area contributed by atoms with Gasteiger partial charge >= 0.3 is 0 Å². The van der Waals surface area contributed by atoms with Crippen LogP contribution in [-0.4, -0.2) is 24.9 Å². The summed E-state index contributed by atoms with van der Waals surface area (Å²) in [5.41, 5.74) is 4.11. The number of ketones is 1. The number of piperidine rings is 1. The summed E-state index contributed by atoms with van der Waals surface area (Å²) < 4.78 is 0. The highest BCUT2D eigenvalue weighted by atomic mass is 127. The predicted molar refractivity (Wildman–Crippen MR) is 103 cm³/mol. The van der Waals surface area contributed by atoms with Gasteiger partial charge < -0.3 is 28.9 Å². The number of Topliss-reactive ketones (excluding diaryl/α,β-unsaturated/α-hetero) is 1. The Balaban J connectivity index is 0.00000180. The summed E-state index contributed by atoms with van der Waals surface area (Å²) >= 11 is 0. The number of benzene rings is 2. The molecule has 2 aliphatic carbocycles. The zero-order valence-corrected chi connectivity index (χ0v) is 18.0. The van der Waals surface area contributed by atoms with Gasteiger partial charge in [0.15, 0.2) is 0 Å². The number of carbonyl (C=O) groups is 1. The molecule has 3 heteroatoms. The Morgan fingerprint density at radius 1 is 1.04 bits per heavy atom. The molecule has 4 atom stereocenters. The first kappa shape index (κ1) is 19.1. The molecule has 0 aromatic heterocycles. The molecule has 2 bridgehead atoms. The van der Waals surface area contributed by atoms with Crippen molar-refractivity contribution in [1.29, 1.82) is 0 Å². The second-order valence-electron chi connectivity index (χ2n) is 8.50. The molecular formula is C24H28INO. The third-order valence-electron chi connectivity index (χ3n) is 7.42. The number of nitrogens with one attached hydrogen (secondary N) is 1. The number of likely N-dealkylation sites (tertiary alicyclic amines) is 1. The van der Waals surface area contributed by atoms with Gasteiger partial charge in [0.1, 0.15) is 5.78 Å². The fourth-order valence-electron chi connectivity index (χ4n) is 6.26. The van der Waals surface area contributed by atoms with Gasteiger partial charge in [-0.25, -0.2) is 0 Å². The first-order chi connectivity index (χ1) is 12.8. The summed E-state index contributed by atoms with van der Waals surface area (Å²) in [4.78, 5) is 14.9. The fraction of sp³-hybridized carbons (Fsp3) is 0.458. The average molecular weight is 473 g/mol. The third-order valence-corrected chi connectivity index (χ3v) is 7.42. The van der Waals surface area contributed by atoms with Crippen LogP contribution in [0.15, 0.2) is 54.6 Å². The number of quaternary nitrogens is 1. The lowest BCUT2D eigenvalue weighted by Crippen LogP contribution is -3.19. The van der Waals surface area contributed by atoms with Crippen LogP contribution >= 0.6 is 0 Å². The molecular weight excluding hydrogens is 445 g/mol. The maximum Gasteiger partial charge on any atom is 0.144 e. The van der Waals surface area contributed by atoms with E-state index in [4.69, 9.17) is 0 Å². The molecule has 2 nitrogen and oxygen atoms in total. The lowest BCUT2D eigenvalue weighted by molar-refractivity contribution is -0.937. The van der Waals surface area contributed by atoms with Crippen molar-refractivity contribution in [3.05, 3.63) is 71.3 Å². The minimum atomic E-state index is -0.159. The van der Waals surface area contributed by atoms with Crippen molar-refractivity contribution < 1.29 is 33.7 Å². The first-order valence-corrected chi connectivity index (χ1v) is 10.3. The van der Waals surface area contributed by atoms with Crippen molar-refractivity contribution in [2.24, 2.45) is 5.92 Å². The lowest BCUT2D eigenvalue weighted by Gasteiger charge is -2.55. The van der Waals surface area contributed by atoms with Crippen LogP contribution in [0.3, 0.4) is 0 Å². The standard InChI is InChI=1S/C24H27NO.HI/c26-23-12-6-11-21-22-17-19-9-4-5-10-20(19)24(21,23)14-16-25(22)15-13-18-7-2-1-3-8-18;/h1-5,7-10,21-22H,6,11-17H2;1H/t21-,22+,24+;/m0./s1. The van der Waals surface area contributed by atoms with Crippen molar-refractivity contribution in [3.63, 3.8) is 0 Å². The molecule has 1 unspecified atom stereocenters. The molecule has 2 aromatic rings. The zero-order valence-electron chi connectivity index (χ0n) is 15.8. The molecule has 3 aliphatic rings. The van der Waals surface area contributed by atoms with E-state index >= 15 is 0 Å². The number of halogens is 1. The van der Waals surface area contributed by atoms with E-state index in [2.05, 4.69) is 54.6 Å². The van der Waals surface area contributed by atoms with E-state index in [0.717, 1.165) is 38.6 Å². The van der Waals surface area contributed by atoms with Gasteiger partial charge in [0.05, 0.1) is 24.5 Å². The molecule has 5 rings (SSSR count). The Kier molecular flexibility index (Phi) is 5.43. The third kappa shape index (κ3) is 3.07. The van der Waals surface area contributed by atoms with Crippen LogP contribution < -0.4 is 28.9 Å². The maximum absolute atomic E-state index is 13.2. The maximum atomic E-state index is 13.2. The molecule has 2 fully saturated rings. The molecule has 1 saturated heterocycles. The van der Waals surface area contributed by atoms with Crippen molar-refractivity contribution in [3.8, 4) is 0 Å². The van der Waals surface area contributed by atoms with Gasteiger partial charge in [0.2, 0.25) is 0 Å². The molecule has 2 aromatic carbocycles. The highest BCUT2D eigenvalue weighted by Crippen LogP contribution is 2.50. The molecule has 0 radical (unpaired) electrons. The van der Waals surface area contributed by atoms with E-state index in [0.29, 0.717) is 17.7 Å². The summed E-state index contributed by atoms with van der Waals surface area (Å²) in [6.07, 6.45) is 6.46. The van der Waals surface area contributed by atoms with Crippen LogP contribution in [0.25, 0.3) is 0 Å². The molecule has 0 amide bonds. The molecule has 0 spiro atoms.